The van der Waals surface area contributed by atoms with E-state index in [1.54, 1.807) is 20.8 Å². The van der Waals surface area contributed by atoms with Gasteiger partial charge >= 0.3 is 0 Å². The Bertz CT molecular complexity index is 857. The highest BCUT2D eigenvalue weighted by Gasteiger charge is 2.34. The van der Waals surface area contributed by atoms with Crippen LogP contribution in [0.3, 0.4) is 0 Å². The van der Waals surface area contributed by atoms with Crippen LogP contribution in [0, 0.1) is 5.92 Å². The van der Waals surface area contributed by atoms with Crippen LogP contribution in [0.2, 0.25) is 0 Å². The number of piperidine rings is 1. The summed E-state index contributed by atoms with van der Waals surface area (Å²) in [7, 11) is -3.37. The molecule has 1 saturated carbocycles. The van der Waals surface area contributed by atoms with Crippen LogP contribution in [0.4, 0.5) is 11.4 Å². The standard InChI is InChI=1S/C22H33N3O4S/c1-22(2,3)30(28,29)24-18-6-4-16(5-7-18)21(27)23-17-8-10-19(11-9-17)25-14-12-20(26)13-15-25/h8-11,16,18,24H,4-7,12-15H2,1-3H3,(H,23,27). The number of carbonyl (C=O) groups is 2. The van der Waals surface area contributed by atoms with E-state index in [1.165, 1.54) is 0 Å². The summed E-state index contributed by atoms with van der Waals surface area (Å²) in [5.74, 6) is 0.202. The van der Waals surface area contributed by atoms with Crippen LogP contribution in [-0.2, 0) is 19.6 Å². The van der Waals surface area contributed by atoms with Crippen LogP contribution in [0.25, 0.3) is 0 Å². The number of nitrogens with zero attached hydrogens (tertiary/aromatic N) is 1. The molecule has 0 atom stereocenters. The normalized spacial score (nSPS) is 23.3. The third-order valence-electron chi connectivity index (χ3n) is 6.05. The Morgan fingerprint density at radius 1 is 1.00 bits per heavy atom. The Hall–Kier alpha value is -1.93. The minimum Gasteiger partial charge on any atom is -0.371 e. The molecule has 166 valence electrons. The number of rotatable bonds is 5. The summed E-state index contributed by atoms with van der Waals surface area (Å²) in [6.07, 6.45) is 3.85. The topological polar surface area (TPSA) is 95.6 Å². The van der Waals surface area contributed by atoms with Crippen molar-refractivity contribution in [2.75, 3.05) is 23.3 Å². The lowest BCUT2D eigenvalue weighted by atomic mass is 9.86. The van der Waals surface area contributed by atoms with Gasteiger partial charge in [0, 0.05) is 49.3 Å². The smallest absolute Gasteiger partial charge is 0.227 e. The van der Waals surface area contributed by atoms with Gasteiger partial charge in [-0.3, -0.25) is 9.59 Å². The molecule has 0 unspecified atom stereocenters. The number of carbonyl (C=O) groups excluding carboxylic acids is 2. The molecule has 0 radical (unpaired) electrons. The third kappa shape index (κ3) is 5.60. The Kier molecular flexibility index (Phi) is 6.87. The summed E-state index contributed by atoms with van der Waals surface area (Å²) < 4.78 is 26.6. The summed E-state index contributed by atoms with van der Waals surface area (Å²) in [5, 5.41) is 2.99. The van der Waals surface area contributed by atoms with E-state index >= 15 is 0 Å². The number of nitrogens with one attached hydrogen (secondary N) is 2. The van der Waals surface area contributed by atoms with Crippen molar-refractivity contribution in [1.29, 1.82) is 0 Å². The fourth-order valence-corrected chi connectivity index (χ4v) is 4.91. The van der Waals surface area contributed by atoms with Gasteiger partial charge < -0.3 is 10.2 Å². The van der Waals surface area contributed by atoms with E-state index in [0.29, 0.717) is 44.3 Å². The molecule has 1 aliphatic heterocycles. The van der Waals surface area contributed by atoms with Gasteiger partial charge in [0.2, 0.25) is 15.9 Å². The maximum atomic E-state index is 12.6. The van der Waals surface area contributed by atoms with Crippen molar-refractivity contribution in [1.82, 2.24) is 4.72 Å². The van der Waals surface area contributed by atoms with Crippen molar-refractivity contribution in [2.24, 2.45) is 5.92 Å². The predicted molar refractivity (Wildman–Crippen MR) is 119 cm³/mol. The SMILES string of the molecule is CC(C)(C)S(=O)(=O)NC1CCC(C(=O)Nc2ccc(N3CCC(=O)CC3)cc2)CC1. The highest BCUT2D eigenvalue weighted by atomic mass is 32.2. The first kappa shape index (κ1) is 22.7. The fourth-order valence-electron chi connectivity index (χ4n) is 3.88. The maximum absolute atomic E-state index is 12.6. The molecule has 0 aromatic heterocycles. The first-order chi connectivity index (χ1) is 14.0. The number of anilines is 2. The largest absolute Gasteiger partial charge is 0.371 e. The maximum Gasteiger partial charge on any atom is 0.227 e. The monoisotopic (exact) mass is 435 g/mol. The van der Waals surface area contributed by atoms with Crippen LogP contribution in [0.1, 0.15) is 59.3 Å². The zero-order valence-electron chi connectivity index (χ0n) is 18.1. The number of benzene rings is 1. The molecule has 1 aromatic carbocycles. The van der Waals surface area contributed by atoms with Gasteiger partial charge in [0.15, 0.2) is 0 Å². The molecule has 2 N–H and O–H groups in total. The Morgan fingerprint density at radius 2 is 1.57 bits per heavy atom. The quantitative estimate of drug-likeness (QED) is 0.741. The van der Waals surface area contributed by atoms with E-state index in [-0.39, 0.29) is 17.9 Å². The summed E-state index contributed by atoms with van der Waals surface area (Å²) in [5.41, 5.74) is 1.82. The van der Waals surface area contributed by atoms with Crippen molar-refractivity contribution in [2.45, 2.75) is 70.1 Å². The molecule has 1 aromatic rings. The number of ketones is 1. The minimum absolute atomic E-state index is 0.0107. The summed E-state index contributed by atoms with van der Waals surface area (Å²) in [4.78, 5) is 26.2. The van der Waals surface area contributed by atoms with Crippen molar-refractivity contribution < 1.29 is 18.0 Å². The molecule has 3 rings (SSSR count). The van der Waals surface area contributed by atoms with Gasteiger partial charge in [-0.15, -0.1) is 0 Å². The van der Waals surface area contributed by atoms with Crippen LogP contribution < -0.4 is 14.9 Å². The molecule has 30 heavy (non-hydrogen) atoms. The van der Waals surface area contributed by atoms with E-state index in [1.807, 2.05) is 24.3 Å². The molecule has 1 aliphatic carbocycles. The van der Waals surface area contributed by atoms with Gasteiger partial charge in [0.05, 0.1) is 4.75 Å². The first-order valence-corrected chi connectivity index (χ1v) is 12.2. The predicted octanol–water partition coefficient (Wildman–Crippen LogP) is 3.07. The second-order valence-electron chi connectivity index (χ2n) is 9.34. The molecule has 1 saturated heterocycles. The highest BCUT2D eigenvalue weighted by Crippen LogP contribution is 2.28. The van der Waals surface area contributed by atoms with Crippen molar-refractivity contribution in [3.63, 3.8) is 0 Å². The fraction of sp³-hybridized carbons (Fsp3) is 0.636. The molecular weight excluding hydrogens is 402 g/mol. The number of Topliss-reactive ketones (excluding diaryl/α,β-unsaturated/α-hetero) is 1. The van der Waals surface area contributed by atoms with E-state index in [9.17, 15) is 18.0 Å². The van der Waals surface area contributed by atoms with Gasteiger partial charge in [0.1, 0.15) is 5.78 Å². The van der Waals surface area contributed by atoms with Gasteiger partial charge in [-0.2, -0.15) is 0 Å². The van der Waals surface area contributed by atoms with Crippen molar-refractivity contribution in [3.8, 4) is 0 Å². The summed E-state index contributed by atoms with van der Waals surface area (Å²) in [6.45, 7) is 6.54. The molecule has 2 aliphatic rings. The summed E-state index contributed by atoms with van der Waals surface area (Å²) >= 11 is 0. The van der Waals surface area contributed by atoms with Crippen LogP contribution in [0.5, 0.6) is 0 Å². The van der Waals surface area contributed by atoms with Gasteiger partial charge in [-0.1, -0.05) is 0 Å². The van der Waals surface area contributed by atoms with E-state index in [4.69, 9.17) is 0 Å². The summed E-state index contributed by atoms with van der Waals surface area (Å²) in [6, 6.07) is 7.64. The molecule has 8 heteroatoms. The third-order valence-corrected chi connectivity index (χ3v) is 8.30. The van der Waals surface area contributed by atoms with Gasteiger partial charge in [-0.05, 0) is 70.7 Å². The minimum atomic E-state index is -3.37. The number of amides is 1. The second kappa shape index (κ2) is 9.06. The molecule has 7 nitrogen and oxygen atoms in total. The zero-order chi connectivity index (χ0) is 21.9. The molecular formula is C22H33N3O4S. The second-order valence-corrected chi connectivity index (χ2v) is 11.8. The van der Waals surface area contributed by atoms with Crippen LogP contribution in [0.15, 0.2) is 24.3 Å². The Morgan fingerprint density at radius 3 is 2.10 bits per heavy atom. The number of hydrogen-bond donors (Lipinski definition) is 2. The van der Waals surface area contributed by atoms with Crippen LogP contribution in [-0.4, -0.2) is 44.0 Å². The van der Waals surface area contributed by atoms with Crippen molar-refractivity contribution in [3.05, 3.63) is 24.3 Å². The lowest BCUT2D eigenvalue weighted by Gasteiger charge is -2.31. The zero-order valence-corrected chi connectivity index (χ0v) is 18.9. The Balaban J connectivity index is 1.48. The van der Waals surface area contributed by atoms with E-state index in [0.717, 1.165) is 24.5 Å². The number of hydrogen-bond acceptors (Lipinski definition) is 5. The number of sulfonamides is 1. The van der Waals surface area contributed by atoms with Crippen molar-refractivity contribution >= 4 is 33.1 Å². The van der Waals surface area contributed by atoms with Gasteiger partial charge in [-0.25, -0.2) is 13.1 Å². The molecule has 0 spiro atoms. The Labute approximate surface area is 179 Å². The molecule has 1 amide bonds. The van der Waals surface area contributed by atoms with Gasteiger partial charge in [0.25, 0.3) is 0 Å². The molecule has 0 bridgehead atoms. The average molecular weight is 436 g/mol. The molecule has 1 heterocycles. The lowest BCUT2D eigenvalue weighted by molar-refractivity contribution is -0.121. The highest BCUT2D eigenvalue weighted by molar-refractivity contribution is 7.90. The lowest BCUT2D eigenvalue weighted by Crippen LogP contribution is -2.46. The van der Waals surface area contributed by atoms with E-state index in [2.05, 4.69) is 14.9 Å². The van der Waals surface area contributed by atoms with Crippen LogP contribution >= 0.6 is 0 Å². The molecule has 2 fully saturated rings. The average Bonchev–Trinajstić information content (AvgIpc) is 2.68. The van der Waals surface area contributed by atoms with E-state index < -0.39 is 14.8 Å². The first-order valence-electron chi connectivity index (χ1n) is 10.7.